The van der Waals surface area contributed by atoms with Gasteiger partial charge in [0.2, 0.25) is 0 Å². The summed E-state index contributed by atoms with van der Waals surface area (Å²) in [7, 11) is 0. The van der Waals surface area contributed by atoms with E-state index in [4.69, 9.17) is 4.74 Å². The van der Waals surface area contributed by atoms with E-state index in [-0.39, 0.29) is 17.5 Å². The van der Waals surface area contributed by atoms with Gasteiger partial charge in [0, 0.05) is 56.0 Å². The van der Waals surface area contributed by atoms with E-state index in [0.29, 0.717) is 19.4 Å². The Hall–Kier alpha value is -1.93. The van der Waals surface area contributed by atoms with Gasteiger partial charge in [-0.15, -0.1) is 11.3 Å². The summed E-state index contributed by atoms with van der Waals surface area (Å²) in [5, 5.41) is 6.33. The molecule has 1 saturated carbocycles. The average molecular weight is 470 g/mol. The van der Waals surface area contributed by atoms with Crippen LogP contribution in [0.2, 0.25) is 0 Å². The van der Waals surface area contributed by atoms with E-state index >= 15 is 0 Å². The van der Waals surface area contributed by atoms with Gasteiger partial charge in [-0.2, -0.15) is 0 Å². The van der Waals surface area contributed by atoms with Crippen molar-refractivity contribution in [3.8, 4) is 0 Å². The Morgan fingerprint density at radius 2 is 1.97 bits per heavy atom. The van der Waals surface area contributed by atoms with E-state index in [1.165, 1.54) is 0 Å². The van der Waals surface area contributed by atoms with Crippen LogP contribution in [0, 0.1) is 12.8 Å². The van der Waals surface area contributed by atoms with E-state index in [2.05, 4.69) is 15.2 Å². The number of carbonyl (C=O) groups excluding carboxylic acids is 2. The zero-order valence-corrected chi connectivity index (χ0v) is 20.4. The van der Waals surface area contributed by atoms with E-state index in [1.54, 1.807) is 11.3 Å². The monoisotopic (exact) mass is 469 g/mol. The maximum atomic E-state index is 13.1. The molecule has 2 fully saturated rings. The van der Waals surface area contributed by atoms with Crippen molar-refractivity contribution in [2.75, 3.05) is 39.4 Å². The van der Waals surface area contributed by atoms with Gasteiger partial charge >= 0.3 is 0 Å². The molecule has 33 heavy (non-hydrogen) atoms. The third-order valence-electron chi connectivity index (χ3n) is 6.61. The molecule has 1 N–H and O–H groups in total. The first kappa shape index (κ1) is 24.2. The highest BCUT2D eigenvalue weighted by Crippen LogP contribution is 2.29. The molecule has 0 spiro atoms. The quantitative estimate of drug-likeness (QED) is 0.401. The number of Topliss-reactive ketones (excluding diaryl/α,β-unsaturated/α-hetero) is 2. The first-order valence-corrected chi connectivity index (χ1v) is 13.1. The molecule has 0 bridgehead atoms. The molecule has 1 saturated heterocycles. The van der Waals surface area contributed by atoms with Crippen LogP contribution < -0.4 is 5.32 Å². The Morgan fingerprint density at radius 3 is 2.76 bits per heavy atom. The number of benzene rings is 1. The number of nitrogens with one attached hydrogen (secondary N) is 1. The van der Waals surface area contributed by atoms with Gasteiger partial charge in [-0.3, -0.25) is 14.5 Å². The number of hydrogen-bond acceptors (Lipinski definition) is 7. The number of hydrogen-bond donors (Lipinski definition) is 1. The number of thiazole rings is 1. The van der Waals surface area contributed by atoms with E-state index in [0.717, 1.165) is 92.5 Å². The zero-order chi connectivity index (χ0) is 23.0. The highest BCUT2D eigenvalue weighted by Gasteiger charge is 2.26. The van der Waals surface area contributed by atoms with Crippen molar-refractivity contribution in [3.63, 3.8) is 0 Å². The van der Waals surface area contributed by atoms with Crippen molar-refractivity contribution in [2.24, 2.45) is 5.92 Å². The minimum Gasteiger partial charge on any atom is -0.379 e. The number of aromatic nitrogens is 1. The third-order valence-corrected chi connectivity index (χ3v) is 7.50. The molecule has 2 heterocycles. The molecular weight excluding hydrogens is 434 g/mol. The lowest BCUT2D eigenvalue weighted by Gasteiger charge is -2.26. The molecule has 7 heteroatoms. The molecule has 178 valence electrons. The molecular formula is C26H35N3O3S. The highest BCUT2D eigenvalue weighted by atomic mass is 32.1. The second-order valence-electron chi connectivity index (χ2n) is 9.26. The molecule has 0 unspecified atom stereocenters. The fourth-order valence-corrected chi connectivity index (χ4v) is 5.54. The molecule has 2 aromatic rings. The van der Waals surface area contributed by atoms with Gasteiger partial charge in [-0.05, 0) is 31.4 Å². The summed E-state index contributed by atoms with van der Waals surface area (Å²) < 4.78 is 5.38. The molecule has 0 atom stereocenters. The van der Waals surface area contributed by atoms with Crippen LogP contribution >= 0.6 is 11.3 Å². The van der Waals surface area contributed by atoms with Crippen LogP contribution in [-0.4, -0.2) is 60.8 Å². The number of nitrogens with zero attached hydrogens (tertiary/aromatic N) is 2. The number of rotatable bonds is 11. The zero-order valence-electron chi connectivity index (χ0n) is 19.6. The van der Waals surface area contributed by atoms with Gasteiger partial charge in [0.15, 0.2) is 5.78 Å². The summed E-state index contributed by atoms with van der Waals surface area (Å²) >= 11 is 1.54. The number of ketones is 2. The molecule has 0 radical (unpaired) electrons. The van der Waals surface area contributed by atoms with Gasteiger partial charge in [-0.1, -0.05) is 30.5 Å². The SMILES string of the molecule is Cc1ccc(CC(=O)Cc2nc(CNCCN3CCOCC3)cs2)c(C(=O)C2CCCC2)c1. The molecule has 1 aromatic heterocycles. The molecule has 0 amide bonds. The summed E-state index contributed by atoms with van der Waals surface area (Å²) in [6.45, 7) is 8.29. The number of morpholine rings is 1. The molecule has 1 aliphatic heterocycles. The van der Waals surface area contributed by atoms with Gasteiger partial charge in [0.25, 0.3) is 0 Å². The van der Waals surface area contributed by atoms with E-state index in [9.17, 15) is 9.59 Å². The summed E-state index contributed by atoms with van der Waals surface area (Å²) in [6.07, 6.45) is 4.82. The van der Waals surface area contributed by atoms with Crippen LogP contribution in [0.5, 0.6) is 0 Å². The van der Waals surface area contributed by atoms with Gasteiger partial charge in [0.1, 0.15) is 10.8 Å². The van der Waals surface area contributed by atoms with Crippen molar-refractivity contribution in [1.82, 2.24) is 15.2 Å². The van der Waals surface area contributed by atoms with Crippen molar-refractivity contribution < 1.29 is 14.3 Å². The molecule has 1 aliphatic carbocycles. The standard InChI is InChI=1S/C26H35N3O3S/c1-19-6-7-21(24(14-19)26(31)20-4-2-3-5-20)15-23(30)16-25-28-22(18-33-25)17-27-8-9-29-10-12-32-13-11-29/h6-7,14,18,20,27H,2-5,8-13,15-17H2,1H3. The summed E-state index contributed by atoms with van der Waals surface area (Å²) in [5.74, 6) is 0.456. The van der Waals surface area contributed by atoms with Gasteiger partial charge < -0.3 is 10.1 Å². The van der Waals surface area contributed by atoms with Crippen LogP contribution in [-0.2, 0) is 28.9 Å². The molecule has 1 aromatic carbocycles. The summed E-state index contributed by atoms with van der Waals surface area (Å²) in [5.41, 5.74) is 3.67. The first-order chi connectivity index (χ1) is 16.1. The normalized spacial score (nSPS) is 17.5. The Bertz CT molecular complexity index is 946. The second-order valence-corrected chi connectivity index (χ2v) is 10.2. The van der Waals surface area contributed by atoms with Crippen molar-refractivity contribution in [3.05, 3.63) is 51.0 Å². The lowest BCUT2D eigenvalue weighted by Crippen LogP contribution is -2.40. The van der Waals surface area contributed by atoms with Crippen LogP contribution in [0.15, 0.2) is 23.6 Å². The van der Waals surface area contributed by atoms with Crippen LogP contribution in [0.3, 0.4) is 0 Å². The minimum absolute atomic E-state index is 0.112. The van der Waals surface area contributed by atoms with Crippen molar-refractivity contribution >= 4 is 22.9 Å². The fourth-order valence-electron chi connectivity index (χ4n) is 4.72. The van der Waals surface area contributed by atoms with Crippen molar-refractivity contribution in [2.45, 2.75) is 52.0 Å². The summed E-state index contributed by atoms with van der Waals surface area (Å²) in [6, 6.07) is 5.92. The largest absolute Gasteiger partial charge is 0.379 e. The predicted octanol–water partition coefficient (Wildman–Crippen LogP) is 3.60. The Balaban J connectivity index is 1.27. The topological polar surface area (TPSA) is 71.5 Å². The molecule has 6 nitrogen and oxygen atoms in total. The minimum atomic E-state index is 0.112. The van der Waals surface area contributed by atoms with E-state index < -0.39 is 0 Å². The van der Waals surface area contributed by atoms with Crippen LogP contribution in [0.1, 0.15) is 57.9 Å². The lowest BCUT2D eigenvalue weighted by molar-refractivity contribution is -0.117. The number of carbonyl (C=O) groups is 2. The Morgan fingerprint density at radius 1 is 1.18 bits per heavy atom. The van der Waals surface area contributed by atoms with Gasteiger partial charge in [0.05, 0.1) is 25.3 Å². The maximum Gasteiger partial charge on any atom is 0.166 e. The lowest BCUT2D eigenvalue weighted by atomic mass is 9.90. The van der Waals surface area contributed by atoms with Crippen LogP contribution in [0.25, 0.3) is 0 Å². The Kier molecular flexibility index (Phi) is 8.78. The third kappa shape index (κ3) is 7.03. The number of aryl methyl sites for hydroxylation is 1. The smallest absolute Gasteiger partial charge is 0.166 e. The van der Waals surface area contributed by atoms with E-state index in [1.807, 2.05) is 30.5 Å². The molecule has 2 aliphatic rings. The Labute approximate surface area is 200 Å². The predicted molar refractivity (Wildman–Crippen MR) is 131 cm³/mol. The summed E-state index contributed by atoms with van der Waals surface area (Å²) in [4.78, 5) is 32.9. The van der Waals surface area contributed by atoms with Crippen molar-refractivity contribution in [1.29, 1.82) is 0 Å². The second kappa shape index (κ2) is 12.0. The maximum absolute atomic E-state index is 13.1. The number of ether oxygens (including phenoxy) is 1. The van der Waals surface area contributed by atoms with Crippen LogP contribution in [0.4, 0.5) is 0 Å². The average Bonchev–Trinajstić information content (AvgIpc) is 3.51. The highest BCUT2D eigenvalue weighted by molar-refractivity contribution is 7.09. The molecule has 4 rings (SSSR count). The fraction of sp³-hybridized carbons (Fsp3) is 0.577. The first-order valence-electron chi connectivity index (χ1n) is 12.2. The van der Waals surface area contributed by atoms with Gasteiger partial charge in [-0.25, -0.2) is 4.98 Å².